The molecule has 5 heteroatoms. The van der Waals surface area contributed by atoms with Gasteiger partial charge in [0.2, 0.25) is 0 Å². The number of hydrogen-bond acceptors (Lipinski definition) is 3. The lowest BCUT2D eigenvalue weighted by molar-refractivity contribution is 0.102. The van der Waals surface area contributed by atoms with Crippen molar-refractivity contribution in [2.45, 2.75) is 0 Å². The highest BCUT2D eigenvalue weighted by atomic mass is 35.5. The fourth-order valence-corrected chi connectivity index (χ4v) is 2.26. The molecule has 0 aliphatic rings. The number of carbonyl (C=O) groups excluding carboxylic acids is 1. The third-order valence-electron chi connectivity index (χ3n) is 3.18. The van der Waals surface area contributed by atoms with E-state index in [2.05, 4.69) is 15.6 Å². The van der Waals surface area contributed by atoms with E-state index >= 15 is 0 Å². The Morgan fingerprint density at radius 1 is 0.913 bits per heavy atom. The number of hydrogen-bond donors (Lipinski definition) is 2. The van der Waals surface area contributed by atoms with Crippen LogP contribution < -0.4 is 10.6 Å². The molecule has 3 aromatic rings. The zero-order valence-corrected chi connectivity index (χ0v) is 12.9. The van der Waals surface area contributed by atoms with Crippen molar-refractivity contribution in [2.24, 2.45) is 0 Å². The maximum Gasteiger partial charge on any atom is 0.257 e. The first-order chi connectivity index (χ1) is 11.2. The monoisotopic (exact) mass is 323 g/mol. The first-order valence-corrected chi connectivity index (χ1v) is 7.43. The maximum atomic E-state index is 12.3. The number of rotatable bonds is 4. The van der Waals surface area contributed by atoms with Crippen molar-refractivity contribution in [1.82, 2.24) is 4.98 Å². The summed E-state index contributed by atoms with van der Waals surface area (Å²) in [5.41, 5.74) is 2.66. The lowest BCUT2D eigenvalue weighted by atomic mass is 10.2. The number of para-hydroxylation sites is 2. The van der Waals surface area contributed by atoms with E-state index in [1.165, 1.54) is 6.20 Å². The van der Waals surface area contributed by atoms with Crippen LogP contribution in [0.25, 0.3) is 0 Å². The first-order valence-electron chi connectivity index (χ1n) is 7.05. The molecule has 0 aliphatic carbocycles. The molecule has 1 heterocycles. The zero-order chi connectivity index (χ0) is 16.1. The van der Waals surface area contributed by atoms with E-state index in [0.29, 0.717) is 16.3 Å². The standard InChI is InChI=1S/C18H14ClN3O/c19-16-8-4-5-9-17(16)21-15-10-13(11-20-12-15)18(23)22-14-6-2-1-3-7-14/h1-12,21H,(H,22,23). The molecule has 0 atom stereocenters. The number of halogens is 1. The Bertz CT molecular complexity index is 821. The van der Waals surface area contributed by atoms with Crippen molar-refractivity contribution < 1.29 is 4.79 Å². The Morgan fingerprint density at radius 2 is 1.65 bits per heavy atom. The zero-order valence-electron chi connectivity index (χ0n) is 12.2. The Hall–Kier alpha value is -2.85. The molecule has 0 aliphatic heterocycles. The minimum absolute atomic E-state index is 0.216. The first kappa shape index (κ1) is 15.1. The number of benzene rings is 2. The summed E-state index contributed by atoms with van der Waals surface area (Å²) in [4.78, 5) is 16.4. The lowest BCUT2D eigenvalue weighted by Crippen LogP contribution is -2.12. The number of pyridine rings is 1. The predicted molar refractivity (Wildman–Crippen MR) is 93.4 cm³/mol. The van der Waals surface area contributed by atoms with Crippen LogP contribution >= 0.6 is 11.6 Å². The molecule has 23 heavy (non-hydrogen) atoms. The van der Waals surface area contributed by atoms with Gasteiger partial charge >= 0.3 is 0 Å². The van der Waals surface area contributed by atoms with Crippen LogP contribution in [0, 0.1) is 0 Å². The molecule has 1 aromatic heterocycles. The van der Waals surface area contributed by atoms with Crippen molar-refractivity contribution >= 4 is 34.6 Å². The molecule has 2 aromatic carbocycles. The second kappa shape index (κ2) is 6.94. The molecule has 0 spiro atoms. The molecule has 114 valence electrons. The number of carbonyl (C=O) groups is 1. The van der Waals surface area contributed by atoms with Crippen LogP contribution in [-0.4, -0.2) is 10.9 Å². The molecular weight excluding hydrogens is 310 g/mol. The Balaban J connectivity index is 1.77. The van der Waals surface area contributed by atoms with Gasteiger partial charge in [0.15, 0.2) is 0 Å². The molecule has 0 saturated heterocycles. The number of nitrogens with one attached hydrogen (secondary N) is 2. The highest BCUT2D eigenvalue weighted by molar-refractivity contribution is 6.33. The van der Waals surface area contributed by atoms with Gasteiger partial charge in [-0.3, -0.25) is 9.78 Å². The van der Waals surface area contributed by atoms with Crippen LogP contribution in [0.3, 0.4) is 0 Å². The summed E-state index contributed by atoms with van der Waals surface area (Å²) in [6, 6.07) is 18.4. The normalized spacial score (nSPS) is 10.1. The summed E-state index contributed by atoms with van der Waals surface area (Å²) in [5.74, 6) is -0.216. The summed E-state index contributed by atoms with van der Waals surface area (Å²) in [6.07, 6.45) is 3.17. The maximum absolute atomic E-state index is 12.3. The van der Waals surface area contributed by atoms with Gasteiger partial charge in [-0.05, 0) is 30.3 Å². The highest BCUT2D eigenvalue weighted by Crippen LogP contribution is 2.24. The summed E-state index contributed by atoms with van der Waals surface area (Å²) in [6.45, 7) is 0. The fourth-order valence-electron chi connectivity index (χ4n) is 2.08. The van der Waals surface area contributed by atoms with E-state index in [1.54, 1.807) is 18.3 Å². The van der Waals surface area contributed by atoms with Crippen LogP contribution in [0.5, 0.6) is 0 Å². The smallest absolute Gasteiger partial charge is 0.257 e. The van der Waals surface area contributed by atoms with E-state index in [9.17, 15) is 4.79 Å². The Morgan fingerprint density at radius 3 is 2.43 bits per heavy atom. The summed E-state index contributed by atoms with van der Waals surface area (Å²) in [5, 5.41) is 6.59. The van der Waals surface area contributed by atoms with E-state index in [-0.39, 0.29) is 5.91 Å². The molecule has 0 fully saturated rings. The predicted octanol–water partition coefficient (Wildman–Crippen LogP) is 4.73. The molecule has 1 amide bonds. The molecule has 4 nitrogen and oxygen atoms in total. The molecule has 0 radical (unpaired) electrons. The van der Waals surface area contributed by atoms with Gasteiger partial charge in [-0.2, -0.15) is 0 Å². The van der Waals surface area contributed by atoms with E-state index in [4.69, 9.17) is 11.6 Å². The van der Waals surface area contributed by atoms with Gasteiger partial charge in [0.1, 0.15) is 0 Å². The quantitative estimate of drug-likeness (QED) is 0.729. The van der Waals surface area contributed by atoms with E-state index in [0.717, 1.165) is 11.4 Å². The SMILES string of the molecule is O=C(Nc1ccccc1)c1cncc(Nc2ccccc2Cl)c1. The highest BCUT2D eigenvalue weighted by Gasteiger charge is 2.08. The number of amides is 1. The third kappa shape index (κ3) is 3.87. The summed E-state index contributed by atoms with van der Waals surface area (Å²) < 4.78 is 0. The van der Waals surface area contributed by atoms with Gasteiger partial charge in [-0.15, -0.1) is 0 Å². The fraction of sp³-hybridized carbons (Fsp3) is 0. The number of nitrogens with zero attached hydrogens (tertiary/aromatic N) is 1. The van der Waals surface area contributed by atoms with Gasteiger partial charge in [-0.25, -0.2) is 0 Å². The van der Waals surface area contributed by atoms with Crippen LogP contribution in [0.4, 0.5) is 17.1 Å². The summed E-state index contributed by atoms with van der Waals surface area (Å²) >= 11 is 6.12. The largest absolute Gasteiger partial charge is 0.353 e. The minimum Gasteiger partial charge on any atom is -0.353 e. The van der Waals surface area contributed by atoms with Gasteiger partial charge in [0.05, 0.1) is 28.2 Å². The van der Waals surface area contributed by atoms with Gasteiger partial charge in [0.25, 0.3) is 5.91 Å². The minimum atomic E-state index is -0.216. The lowest BCUT2D eigenvalue weighted by Gasteiger charge is -2.09. The molecule has 0 saturated carbocycles. The number of anilines is 3. The Kier molecular flexibility index (Phi) is 4.54. The molecule has 3 rings (SSSR count). The van der Waals surface area contributed by atoms with Crippen molar-refractivity contribution in [2.75, 3.05) is 10.6 Å². The second-order valence-corrected chi connectivity index (χ2v) is 5.29. The third-order valence-corrected chi connectivity index (χ3v) is 3.51. The van der Waals surface area contributed by atoms with Crippen LogP contribution in [0.2, 0.25) is 5.02 Å². The van der Waals surface area contributed by atoms with Crippen molar-refractivity contribution in [3.8, 4) is 0 Å². The van der Waals surface area contributed by atoms with Crippen molar-refractivity contribution in [3.05, 3.63) is 83.6 Å². The van der Waals surface area contributed by atoms with Crippen LogP contribution in [0.15, 0.2) is 73.1 Å². The van der Waals surface area contributed by atoms with E-state index < -0.39 is 0 Å². The average molecular weight is 324 g/mol. The van der Waals surface area contributed by atoms with Gasteiger partial charge in [-0.1, -0.05) is 41.9 Å². The Labute approximate surface area is 139 Å². The van der Waals surface area contributed by atoms with Gasteiger partial charge < -0.3 is 10.6 Å². The average Bonchev–Trinajstić information content (AvgIpc) is 2.58. The molecule has 0 unspecified atom stereocenters. The van der Waals surface area contributed by atoms with Crippen LogP contribution in [0.1, 0.15) is 10.4 Å². The number of aromatic nitrogens is 1. The molecule has 0 bridgehead atoms. The molecule has 2 N–H and O–H groups in total. The van der Waals surface area contributed by atoms with E-state index in [1.807, 2.05) is 48.5 Å². The van der Waals surface area contributed by atoms with Crippen molar-refractivity contribution in [1.29, 1.82) is 0 Å². The van der Waals surface area contributed by atoms with Crippen LogP contribution in [-0.2, 0) is 0 Å². The second-order valence-electron chi connectivity index (χ2n) is 4.89. The topological polar surface area (TPSA) is 54.0 Å². The van der Waals surface area contributed by atoms with Gasteiger partial charge in [0, 0.05) is 11.9 Å². The molecular formula is C18H14ClN3O. The van der Waals surface area contributed by atoms with Crippen molar-refractivity contribution in [3.63, 3.8) is 0 Å². The summed E-state index contributed by atoms with van der Waals surface area (Å²) in [7, 11) is 0.